The fourth-order valence-corrected chi connectivity index (χ4v) is 0.180. The quantitative estimate of drug-likeness (QED) is 0.444. The molecule has 0 fully saturated rings. The number of methoxy groups -OCH3 is 1. The number of carbonyl (C=O) groups is 1. The molecule has 0 saturated carbocycles. The van der Waals surface area contributed by atoms with Crippen molar-refractivity contribution in [2.75, 3.05) is 20.3 Å². The molecule has 0 aliphatic carbocycles. The first-order chi connectivity index (χ1) is 4.83. The van der Waals surface area contributed by atoms with Crippen LogP contribution in [0, 0.1) is 0 Å². The average molecular weight is 148 g/mol. The highest BCUT2D eigenvalue weighted by molar-refractivity contribution is 5.36. The van der Waals surface area contributed by atoms with E-state index in [1.54, 1.807) is 7.11 Å². The van der Waals surface area contributed by atoms with Gasteiger partial charge in [0.25, 0.3) is 6.47 Å². The molecule has 0 atom stereocenters. The van der Waals surface area contributed by atoms with E-state index in [1.807, 2.05) is 0 Å². The van der Waals surface area contributed by atoms with Crippen molar-refractivity contribution in [3.8, 4) is 0 Å². The standard InChI is InChI=1S/C4H8O3.C3H8/c1-6-2-3-7-4-5;1-3-2/h4H,2-3H2,1H3;3H2,1-2H3. The summed E-state index contributed by atoms with van der Waals surface area (Å²) >= 11 is 0. The van der Waals surface area contributed by atoms with Crippen molar-refractivity contribution in [1.82, 2.24) is 0 Å². The fourth-order valence-electron chi connectivity index (χ4n) is 0.180. The van der Waals surface area contributed by atoms with Gasteiger partial charge in [0.2, 0.25) is 0 Å². The van der Waals surface area contributed by atoms with Crippen molar-refractivity contribution in [1.29, 1.82) is 0 Å². The van der Waals surface area contributed by atoms with Gasteiger partial charge >= 0.3 is 0 Å². The van der Waals surface area contributed by atoms with Gasteiger partial charge in [-0.25, -0.2) is 0 Å². The van der Waals surface area contributed by atoms with E-state index in [9.17, 15) is 4.79 Å². The zero-order chi connectivity index (χ0) is 8.24. The normalized spacial score (nSPS) is 7.50. The highest BCUT2D eigenvalue weighted by Crippen LogP contribution is 1.66. The summed E-state index contributed by atoms with van der Waals surface area (Å²) in [5.41, 5.74) is 0. The van der Waals surface area contributed by atoms with Gasteiger partial charge in [-0.2, -0.15) is 0 Å². The molecule has 0 spiro atoms. The molecule has 3 nitrogen and oxygen atoms in total. The second-order valence-electron chi connectivity index (χ2n) is 1.67. The minimum absolute atomic E-state index is 0.347. The second-order valence-corrected chi connectivity index (χ2v) is 1.67. The van der Waals surface area contributed by atoms with Gasteiger partial charge in [-0.15, -0.1) is 0 Å². The summed E-state index contributed by atoms with van der Waals surface area (Å²) < 4.78 is 8.83. The van der Waals surface area contributed by atoms with Crippen LogP contribution in [0.4, 0.5) is 0 Å². The van der Waals surface area contributed by atoms with Crippen molar-refractivity contribution in [2.45, 2.75) is 20.3 Å². The van der Waals surface area contributed by atoms with Gasteiger partial charge < -0.3 is 9.47 Å². The summed E-state index contributed by atoms with van der Waals surface area (Å²) in [6, 6.07) is 0. The van der Waals surface area contributed by atoms with Gasteiger partial charge in [-0.1, -0.05) is 20.3 Å². The maximum absolute atomic E-state index is 9.40. The maximum Gasteiger partial charge on any atom is 0.293 e. The molecule has 0 heterocycles. The molecule has 62 valence electrons. The number of ether oxygens (including phenoxy) is 2. The molecule has 0 radical (unpaired) electrons. The van der Waals surface area contributed by atoms with Crippen molar-refractivity contribution in [3.05, 3.63) is 0 Å². The van der Waals surface area contributed by atoms with E-state index in [1.165, 1.54) is 6.42 Å². The van der Waals surface area contributed by atoms with E-state index in [0.717, 1.165) is 0 Å². The molecule has 0 aromatic rings. The van der Waals surface area contributed by atoms with E-state index in [2.05, 4.69) is 23.3 Å². The van der Waals surface area contributed by atoms with Gasteiger partial charge in [0.15, 0.2) is 0 Å². The first-order valence-corrected chi connectivity index (χ1v) is 3.37. The lowest BCUT2D eigenvalue weighted by Gasteiger charge is -1.92. The largest absolute Gasteiger partial charge is 0.465 e. The van der Waals surface area contributed by atoms with Crippen LogP contribution in [-0.2, 0) is 14.3 Å². The molecule has 0 rings (SSSR count). The summed E-state index contributed by atoms with van der Waals surface area (Å²) in [5.74, 6) is 0. The van der Waals surface area contributed by atoms with E-state index < -0.39 is 0 Å². The van der Waals surface area contributed by atoms with Crippen molar-refractivity contribution in [2.24, 2.45) is 0 Å². The minimum Gasteiger partial charge on any atom is -0.465 e. The van der Waals surface area contributed by atoms with E-state index >= 15 is 0 Å². The van der Waals surface area contributed by atoms with Gasteiger partial charge in [0.1, 0.15) is 6.61 Å². The first-order valence-electron chi connectivity index (χ1n) is 3.37. The van der Waals surface area contributed by atoms with Gasteiger partial charge in [0.05, 0.1) is 6.61 Å². The van der Waals surface area contributed by atoms with Crippen LogP contribution in [0.15, 0.2) is 0 Å². The molecule has 0 amide bonds. The van der Waals surface area contributed by atoms with Crippen molar-refractivity contribution >= 4 is 6.47 Å². The monoisotopic (exact) mass is 148 g/mol. The van der Waals surface area contributed by atoms with Crippen LogP contribution in [-0.4, -0.2) is 26.8 Å². The molecule has 3 heteroatoms. The Hall–Kier alpha value is -0.570. The van der Waals surface area contributed by atoms with Crippen LogP contribution in [0.1, 0.15) is 20.3 Å². The molecule has 0 bridgehead atoms. The minimum atomic E-state index is 0.347. The summed E-state index contributed by atoms with van der Waals surface area (Å²) in [5, 5.41) is 0. The predicted octanol–water partition coefficient (Wildman–Crippen LogP) is 1.22. The Kier molecular flexibility index (Phi) is 19.2. The summed E-state index contributed by atoms with van der Waals surface area (Å²) in [6.45, 7) is 5.47. The first kappa shape index (κ1) is 12.1. The lowest BCUT2D eigenvalue weighted by molar-refractivity contribution is -0.129. The number of hydrogen-bond donors (Lipinski definition) is 0. The third-order valence-corrected chi connectivity index (χ3v) is 0.473. The van der Waals surface area contributed by atoms with Crippen molar-refractivity contribution in [3.63, 3.8) is 0 Å². The maximum atomic E-state index is 9.40. The molecular weight excluding hydrogens is 132 g/mol. The third-order valence-electron chi connectivity index (χ3n) is 0.473. The third kappa shape index (κ3) is 26.1. The molecule has 10 heavy (non-hydrogen) atoms. The van der Waals surface area contributed by atoms with E-state index in [0.29, 0.717) is 19.7 Å². The van der Waals surface area contributed by atoms with Crippen LogP contribution in [0.25, 0.3) is 0 Å². The number of carbonyl (C=O) groups excluding carboxylic acids is 1. The molecule has 0 N–H and O–H groups in total. The zero-order valence-electron chi connectivity index (χ0n) is 6.92. The zero-order valence-corrected chi connectivity index (χ0v) is 6.92. The SMILES string of the molecule is CCC.COCCOC=O. The molecule has 0 aliphatic rings. The Labute approximate surface area is 62.3 Å². The average Bonchev–Trinajstić information content (AvgIpc) is 1.91. The lowest BCUT2D eigenvalue weighted by Crippen LogP contribution is -1.98. The van der Waals surface area contributed by atoms with E-state index in [4.69, 9.17) is 0 Å². The molecule has 0 aliphatic heterocycles. The summed E-state index contributed by atoms with van der Waals surface area (Å²) in [6.07, 6.45) is 1.25. The van der Waals surface area contributed by atoms with Crippen LogP contribution >= 0.6 is 0 Å². The smallest absolute Gasteiger partial charge is 0.293 e. The highest BCUT2D eigenvalue weighted by Gasteiger charge is 1.77. The van der Waals surface area contributed by atoms with Gasteiger partial charge in [-0.05, 0) is 0 Å². The second kappa shape index (κ2) is 15.8. The molecule has 0 saturated heterocycles. The highest BCUT2D eigenvalue weighted by atomic mass is 16.5. The molecular formula is C7H16O3. The van der Waals surface area contributed by atoms with Crippen LogP contribution in [0.2, 0.25) is 0 Å². The van der Waals surface area contributed by atoms with Gasteiger partial charge in [-0.3, -0.25) is 4.79 Å². The molecule has 0 unspecified atom stereocenters. The van der Waals surface area contributed by atoms with Crippen LogP contribution in [0.5, 0.6) is 0 Å². The Morgan fingerprint density at radius 2 is 1.80 bits per heavy atom. The fraction of sp³-hybridized carbons (Fsp3) is 0.857. The van der Waals surface area contributed by atoms with Crippen molar-refractivity contribution < 1.29 is 14.3 Å². The molecule has 0 aromatic carbocycles. The lowest BCUT2D eigenvalue weighted by atomic mass is 10.6. The topological polar surface area (TPSA) is 35.5 Å². The van der Waals surface area contributed by atoms with Gasteiger partial charge in [0, 0.05) is 7.11 Å². The predicted molar refractivity (Wildman–Crippen MR) is 39.9 cm³/mol. The Morgan fingerprint density at radius 3 is 2.10 bits per heavy atom. The Balaban J connectivity index is 0. The summed E-state index contributed by atoms with van der Waals surface area (Å²) in [4.78, 5) is 9.40. The van der Waals surface area contributed by atoms with Crippen LogP contribution < -0.4 is 0 Å². The van der Waals surface area contributed by atoms with Crippen LogP contribution in [0.3, 0.4) is 0 Å². The summed E-state index contributed by atoms with van der Waals surface area (Å²) in [7, 11) is 1.55. The molecule has 0 aromatic heterocycles. The number of rotatable bonds is 4. The van der Waals surface area contributed by atoms with E-state index in [-0.39, 0.29) is 0 Å². The number of hydrogen-bond acceptors (Lipinski definition) is 3. The Bertz CT molecular complexity index is 54.8. The Morgan fingerprint density at radius 1 is 1.30 bits per heavy atom.